The lowest BCUT2D eigenvalue weighted by molar-refractivity contribution is -0.124. The molecule has 0 saturated carbocycles. The molecule has 0 aromatic heterocycles. The van der Waals surface area contributed by atoms with Crippen molar-refractivity contribution in [3.63, 3.8) is 0 Å². The lowest BCUT2D eigenvalue weighted by Crippen LogP contribution is -2.49. The molecule has 0 bridgehead atoms. The molecule has 0 fully saturated rings. The van der Waals surface area contributed by atoms with Gasteiger partial charge in [0.05, 0.1) is 6.04 Å². The van der Waals surface area contributed by atoms with Crippen molar-refractivity contribution < 1.29 is 4.79 Å². The quantitative estimate of drug-likeness (QED) is 0.813. The summed E-state index contributed by atoms with van der Waals surface area (Å²) in [6.07, 6.45) is 0.909. The van der Waals surface area contributed by atoms with E-state index in [9.17, 15) is 4.79 Å². The molecule has 0 aliphatic rings. The highest BCUT2D eigenvalue weighted by molar-refractivity contribution is 5.82. The van der Waals surface area contributed by atoms with Gasteiger partial charge in [-0.2, -0.15) is 0 Å². The Hall–Kier alpha value is -1.39. The number of carbonyl (C=O) groups excluding carboxylic acids is 1. The van der Waals surface area contributed by atoms with Crippen LogP contribution in [0.1, 0.15) is 39.7 Å². The highest BCUT2D eigenvalue weighted by Gasteiger charge is 2.27. The number of nitrogens with zero attached hydrogens (tertiary/aromatic N) is 1. The summed E-state index contributed by atoms with van der Waals surface area (Å²) in [5.74, 6) is -0.0644. The fourth-order valence-corrected chi connectivity index (χ4v) is 2.16. The van der Waals surface area contributed by atoms with E-state index in [1.807, 2.05) is 26.8 Å². The Morgan fingerprint density at radius 2 is 1.86 bits per heavy atom. The molecule has 0 heterocycles. The summed E-state index contributed by atoms with van der Waals surface area (Å²) in [6, 6.07) is 10.3. The Labute approximate surface area is 135 Å². The van der Waals surface area contributed by atoms with Gasteiger partial charge in [-0.1, -0.05) is 51.1 Å². The fourth-order valence-electron chi connectivity index (χ4n) is 2.16. The predicted octanol–water partition coefficient (Wildman–Crippen LogP) is 2.39. The van der Waals surface area contributed by atoms with Crippen molar-refractivity contribution >= 4 is 5.91 Å². The highest BCUT2D eigenvalue weighted by Crippen LogP contribution is 2.17. The van der Waals surface area contributed by atoms with Gasteiger partial charge in [-0.25, -0.2) is 0 Å². The van der Waals surface area contributed by atoms with Crippen LogP contribution in [0.25, 0.3) is 0 Å². The van der Waals surface area contributed by atoms with Gasteiger partial charge in [0.2, 0.25) is 5.91 Å². The van der Waals surface area contributed by atoms with Gasteiger partial charge in [0, 0.05) is 19.1 Å². The monoisotopic (exact) mass is 305 g/mol. The van der Waals surface area contributed by atoms with E-state index in [-0.39, 0.29) is 11.3 Å². The number of hydrogen-bond acceptors (Lipinski definition) is 3. The van der Waals surface area contributed by atoms with Crippen LogP contribution in [0.2, 0.25) is 0 Å². The van der Waals surface area contributed by atoms with Crippen molar-refractivity contribution in [3.8, 4) is 0 Å². The van der Waals surface area contributed by atoms with Crippen molar-refractivity contribution in [2.45, 2.75) is 52.7 Å². The van der Waals surface area contributed by atoms with Gasteiger partial charge < -0.3 is 11.1 Å². The second-order valence-electron chi connectivity index (χ2n) is 7.17. The SMILES string of the molecule is CC(CCNC(=O)[C@@H](N)C(C)(C)C)N(C)Cc1ccccc1. The van der Waals surface area contributed by atoms with Crippen LogP contribution in [0.5, 0.6) is 0 Å². The van der Waals surface area contributed by atoms with Crippen LogP contribution in [0.15, 0.2) is 30.3 Å². The van der Waals surface area contributed by atoms with E-state index < -0.39 is 6.04 Å². The third-order valence-electron chi connectivity index (χ3n) is 4.10. The van der Waals surface area contributed by atoms with Crippen molar-refractivity contribution in [1.29, 1.82) is 0 Å². The van der Waals surface area contributed by atoms with Gasteiger partial charge in [0.1, 0.15) is 0 Å². The number of hydrogen-bond donors (Lipinski definition) is 2. The standard InChI is InChI=1S/C18H31N3O/c1-14(21(5)13-15-9-7-6-8-10-15)11-12-20-17(22)16(19)18(2,3)4/h6-10,14,16H,11-13,19H2,1-5H3,(H,20,22)/t14?,16-/m1/s1. The van der Waals surface area contributed by atoms with Crippen molar-refractivity contribution in [2.24, 2.45) is 11.1 Å². The first kappa shape index (κ1) is 18.7. The fraction of sp³-hybridized carbons (Fsp3) is 0.611. The summed E-state index contributed by atoms with van der Waals surface area (Å²) in [7, 11) is 2.11. The van der Waals surface area contributed by atoms with Crippen LogP contribution in [0, 0.1) is 5.41 Å². The minimum atomic E-state index is -0.468. The molecule has 0 saturated heterocycles. The lowest BCUT2D eigenvalue weighted by Gasteiger charge is -2.27. The Balaban J connectivity index is 2.33. The Morgan fingerprint density at radius 3 is 2.41 bits per heavy atom. The first-order valence-electron chi connectivity index (χ1n) is 7.99. The van der Waals surface area contributed by atoms with Gasteiger partial charge in [-0.05, 0) is 31.4 Å². The van der Waals surface area contributed by atoms with E-state index in [0.717, 1.165) is 13.0 Å². The average Bonchev–Trinajstić information content (AvgIpc) is 2.46. The summed E-state index contributed by atoms with van der Waals surface area (Å²) in [6.45, 7) is 9.69. The maximum Gasteiger partial charge on any atom is 0.237 e. The van der Waals surface area contributed by atoms with Gasteiger partial charge in [0.25, 0.3) is 0 Å². The molecule has 124 valence electrons. The van der Waals surface area contributed by atoms with Crippen LogP contribution in [0.4, 0.5) is 0 Å². The summed E-state index contributed by atoms with van der Waals surface area (Å²) < 4.78 is 0. The number of nitrogens with two attached hydrogens (primary N) is 1. The molecule has 0 radical (unpaired) electrons. The Kier molecular flexibility index (Phi) is 7.04. The Bertz CT molecular complexity index is 453. The molecule has 22 heavy (non-hydrogen) atoms. The molecule has 1 rings (SSSR count). The first-order valence-corrected chi connectivity index (χ1v) is 7.99. The molecule has 0 aliphatic carbocycles. The normalized spacial score (nSPS) is 14.7. The van der Waals surface area contributed by atoms with Crippen LogP contribution >= 0.6 is 0 Å². The smallest absolute Gasteiger partial charge is 0.237 e. The zero-order valence-electron chi connectivity index (χ0n) is 14.6. The van der Waals surface area contributed by atoms with Crippen molar-refractivity contribution in [1.82, 2.24) is 10.2 Å². The second kappa shape index (κ2) is 8.30. The molecule has 2 atom stereocenters. The number of amides is 1. The zero-order chi connectivity index (χ0) is 16.8. The molecule has 1 aromatic carbocycles. The van der Waals surface area contributed by atoms with Crippen LogP contribution in [0.3, 0.4) is 0 Å². The molecule has 1 unspecified atom stereocenters. The summed E-state index contributed by atoms with van der Waals surface area (Å²) in [5, 5.41) is 2.95. The molecule has 0 spiro atoms. The topological polar surface area (TPSA) is 58.4 Å². The number of nitrogens with one attached hydrogen (secondary N) is 1. The van der Waals surface area contributed by atoms with E-state index in [2.05, 4.69) is 48.5 Å². The molecule has 1 amide bonds. The summed E-state index contributed by atoms with van der Waals surface area (Å²) in [5.41, 5.74) is 7.04. The Morgan fingerprint density at radius 1 is 1.27 bits per heavy atom. The predicted molar refractivity (Wildman–Crippen MR) is 92.4 cm³/mol. The van der Waals surface area contributed by atoms with E-state index in [0.29, 0.717) is 12.6 Å². The lowest BCUT2D eigenvalue weighted by atomic mass is 9.87. The number of carbonyl (C=O) groups is 1. The third-order valence-corrected chi connectivity index (χ3v) is 4.10. The maximum atomic E-state index is 12.0. The van der Waals surface area contributed by atoms with Crippen molar-refractivity contribution in [3.05, 3.63) is 35.9 Å². The molecule has 3 N–H and O–H groups in total. The van der Waals surface area contributed by atoms with E-state index in [4.69, 9.17) is 5.73 Å². The first-order chi connectivity index (χ1) is 10.2. The second-order valence-corrected chi connectivity index (χ2v) is 7.17. The minimum absolute atomic E-state index is 0.0644. The number of benzene rings is 1. The maximum absolute atomic E-state index is 12.0. The van der Waals surface area contributed by atoms with Gasteiger partial charge >= 0.3 is 0 Å². The minimum Gasteiger partial charge on any atom is -0.355 e. The largest absolute Gasteiger partial charge is 0.355 e. The highest BCUT2D eigenvalue weighted by atomic mass is 16.2. The summed E-state index contributed by atoms with van der Waals surface area (Å²) >= 11 is 0. The van der Waals surface area contributed by atoms with Gasteiger partial charge in [-0.3, -0.25) is 9.69 Å². The molecule has 0 aliphatic heterocycles. The van der Waals surface area contributed by atoms with Crippen molar-refractivity contribution in [2.75, 3.05) is 13.6 Å². The third kappa shape index (κ3) is 6.16. The van der Waals surface area contributed by atoms with E-state index in [1.165, 1.54) is 5.56 Å². The molecular formula is C18H31N3O. The zero-order valence-corrected chi connectivity index (χ0v) is 14.6. The van der Waals surface area contributed by atoms with E-state index >= 15 is 0 Å². The van der Waals surface area contributed by atoms with Crippen LogP contribution in [-0.4, -0.2) is 36.5 Å². The van der Waals surface area contributed by atoms with Crippen LogP contribution < -0.4 is 11.1 Å². The van der Waals surface area contributed by atoms with Gasteiger partial charge in [0.15, 0.2) is 0 Å². The molecule has 1 aromatic rings. The van der Waals surface area contributed by atoms with Crippen LogP contribution in [-0.2, 0) is 11.3 Å². The van der Waals surface area contributed by atoms with Gasteiger partial charge in [-0.15, -0.1) is 0 Å². The number of rotatable bonds is 7. The summed E-state index contributed by atoms with van der Waals surface area (Å²) in [4.78, 5) is 14.3. The molecule has 4 nitrogen and oxygen atoms in total. The van der Waals surface area contributed by atoms with E-state index in [1.54, 1.807) is 0 Å². The molecule has 4 heteroatoms. The average molecular weight is 305 g/mol. The molecular weight excluding hydrogens is 274 g/mol.